The Hall–Kier alpha value is -1.47. The van der Waals surface area contributed by atoms with Gasteiger partial charge in [-0.05, 0) is 40.7 Å². The standard InChI is InChI=1S/C13H19BFN3O2/c1-8-17-7-9(11(16)18-8)6-10(15)14-19-12(2,3)13(4,5)20-14/h6-7H,1-5H3,(H2,16,17,18). The number of hydrogen-bond donors (Lipinski definition) is 1. The van der Waals surface area contributed by atoms with Crippen molar-refractivity contribution < 1.29 is 13.7 Å². The summed E-state index contributed by atoms with van der Waals surface area (Å²) < 4.78 is 25.5. The lowest BCUT2D eigenvalue weighted by Gasteiger charge is -2.32. The molecule has 0 saturated carbocycles. The zero-order chi connectivity index (χ0) is 15.1. The highest BCUT2D eigenvalue weighted by atomic mass is 19.1. The van der Waals surface area contributed by atoms with Crippen LogP contribution in [0, 0.1) is 6.92 Å². The molecular formula is C13H19BFN3O2. The van der Waals surface area contributed by atoms with Crippen molar-refractivity contribution in [2.45, 2.75) is 45.8 Å². The lowest BCUT2D eigenvalue weighted by molar-refractivity contribution is 0.00578. The number of nitrogens with zero attached hydrogens (tertiary/aromatic N) is 2. The molecule has 0 aliphatic carbocycles. The van der Waals surface area contributed by atoms with E-state index in [1.165, 1.54) is 12.3 Å². The number of aryl methyl sites for hydroxylation is 1. The van der Waals surface area contributed by atoms with E-state index in [0.29, 0.717) is 11.4 Å². The van der Waals surface area contributed by atoms with Crippen LogP contribution in [-0.2, 0) is 9.31 Å². The molecule has 0 amide bonds. The minimum Gasteiger partial charge on any atom is -0.398 e. The van der Waals surface area contributed by atoms with Crippen LogP contribution < -0.4 is 5.73 Å². The van der Waals surface area contributed by atoms with Crippen molar-refractivity contribution >= 4 is 19.0 Å². The maximum atomic E-state index is 14.3. The second-order valence-corrected chi connectivity index (χ2v) is 5.88. The first-order valence-electron chi connectivity index (χ1n) is 6.44. The number of nitrogen functional groups attached to an aromatic ring is 1. The van der Waals surface area contributed by atoms with Crippen molar-refractivity contribution in [3.8, 4) is 0 Å². The predicted octanol–water partition coefficient (Wildman–Crippen LogP) is 2.31. The van der Waals surface area contributed by atoms with E-state index in [1.54, 1.807) is 6.92 Å². The van der Waals surface area contributed by atoms with Gasteiger partial charge in [0.15, 0.2) is 0 Å². The summed E-state index contributed by atoms with van der Waals surface area (Å²) in [6, 6.07) is 0. The summed E-state index contributed by atoms with van der Waals surface area (Å²) >= 11 is 0. The molecule has 0 bridgehead atoms. The van der Waals surface area contributed by atoms with Crippen molar-refractivity contribution in [1.82, 2.24) is 9.97 Å². The number of anilines is 1. The SMILES string of the molecule is Cc1ncc(C=C(F)B2OC(C)(C)C(C)(C)O2)c(N)n1. The van der Waals surface area contributed by atoms with Crippen LogP contribution in [0.2, 0.25) is 0 Å². The van der Waals surface area contributed by atoms with Crippen LogP contribution in [0.5, 0.6) is 0 Å². The van der Waals surface area contributed by atoms with E-state index in [2.05, 4.69) is 9.97 Å². The van der Waals surface area contributed by atoms with Crippen LogP contribution in [0.25, 0.3) is 6.08 Å². The average molecular weight is 279 g/mol. The molecule has 1 aliphatic rings. The summed E-state index contributed by atoms with van der Waals surface area (Å²) in [4.78, 5) is 7.98. The first-order chi connectivity index (χ1) is 9.12. The Morgan fingerprint density at radius 2 is 1.85 bits per heavy atom. The molecule has 0 aromatic carbocycles. The van der Waals surface area contributed by atoms with Gasteiger partial charge in [0.1, 0.15) is 17.4 Å². The maximum Gasteiger partial charge on any atom is 0.525 e. The Kier molecular flexibility index (Phi) is 3.60. The summed E-state index contributed by atoms with van der Waals surface area (Å²) in [7, 11) is -1.04. The van der Waals surface area contributed by atoms with Gasteiger partial charge in [0, 0.05) is 11.8 Å². The van der Waals surface area contributed by atoms with Crippen molar-refractivity contribution in [3.63, 3.8) is 0 Å². The van der Waals surface area contributed by atoms with Gasteiger partial charge in [0.05, 0.1) is 11.2 Å². The minimum atomic E-state index is -1.04. The fourth-order valence-electron chi connectivity index (χ4n) is 1.78. The number of rotatable bonds is 2. The Bertz CT molecular complexity index is 545. The molecule has 1 fully saturated rings. The molecule has 0 radical (unpaired) electrons. The average Bonchev–Trinajstić information content (AvgIpc) is 2.52. The van der Waals surface area contributed by atoms with Crippen LogP contribution >= 0.6 is 0 Å². The quantitative estimate of drug-likeness (QED) is 0.841. The molecule has 2 heterocycles. The zero-order valence-electron chi connectivity index (χ0n) is 12.4. The molecular weight excluding hydrogens is 260 g/mol. The van der Waals surface area contributed by atoms with Gasteiger partial charge < -0.3 is 15.0 Å². The van der Waals surface area contributed by atoms with E-state index < -0.39 is 24.0 Å². The Balaban J connectivity index is 2.24. The summed E-state index contributed by atoms with van der Waals surface area (Å²) in [6.45, 7) is 9.18. The number of nitrogens with two attached hydrogens (primary N) is 1. The molecule has 0 atom stereocenters. The third kappa shape index (κ3) is 2.69. The Labute approximate surface area is 118 Å². The van der Waals surface area contributed by atoms with Gasteiger partial charge in [0.25, 0.3) is 0 Å². The molecule has 0 spiro atoms. The van der Waals surface area contributed by atoms with Crippen LogP contribution in [0.4, 0.5) is 10.2 Å². The van der Waals surface area contributed by atoms with E-state index in [9.17, 15) is 4.39 Å². The highest BCUT2D eigenvalue weighted by Gasteiger charge is 2.53. The highest BCUT2D eigenvalue weighted by Crippen LogP contribution is 2.39. The molecule has 1 aromatic heterocycles. The third-order valence-corrected chi connectivity index (χ3v) is 3.74. The second-order valence-electron chi connectivity index (χ2n) is 5.88. The lowest BCUT2D eigenvalue weighted by Crippen LogP contribution is -2.41. The van der Waals surface area contributed by atoms with E-state index in [4.69, 9.17) is 15.0 Å². The smallest absolute Gasteiger partial charge is 0.398 e. The Morgan fingerprint density at radius 3 is 2.35 bits per heavy atom. The first-order valence-corrected chi connectivity index (χ1v) is 6.44. The fraction of sp³-hybridized carbons (Fsp3) is 0.538. The van der Waals surface area contributed by atoms with Crippen molar-refractivity contribution in [1.29, 1.82) is 0 Å². The zero-order valence-corrected chi connectivity index (χ0v) is 12.4. The minimum absolute atomic E-state index is 0.226. The molecule has 1 aromatic rings. The van der Waals surface area contributed by atoms with Crippen LogP contribution in [0.3, 0.4) is 0 Å². The summed E-state index contributed by atoms with van der Waals surface area (Å²) in [5.74, 6) is 0.764. The molecule has 7 heteroatoms. The van der Waals surface area contributed by atoms with Gasteiger partial charge in [0.2, 0.25) is 0 Å². The second kappa shape index (κ2) is 4.82. The number of aromatic nitrogens is 2. The maximum absolute atomic E-state index is 14.3. The fourth-order valence-corrected chi connectivity index (χ4v) is 1.78. The monoisotopic (exact) mass is 279 g/mol. The van der Waals surface area contributed by atoms with Gasteiger partial charge in [-0.3, -0.25) is 0 Å². The van der Waals surface area contributed by atoms with E-state index in [1.807, 2.05) is 27.7 Å². The molecule has 1 aliphatic heterocycles. The molecule has 1 saturated heterocycles. The third-order valence-electron chi connectivity index (χ3n) is 3.74. The van der Waals surface area contributed by atoms with Crippen LogP contribution in [0.1, 0.15) is 39.1 Å². The van der Waals surface area contributed by atoms with Crippen molar-refractivity contribution in [3.05, 3.63) is 23.3 Å². The molecule has 5 nitrogen and oxygen atoms in total. The summed E-state index contributed by atoms with van der Waals surface area (Å²) in [5.41, 5.74) is 4.41. The van der Waals surface area contributed by atoms with Crippen molar-refractivity contribution in [2.75, 3.05) is 5.73 Å². The first kappa shape index (κ1) is 14.9. The van der Waals surface area contributed by atoms with Gasteiger partial charge in [-0.2, -0.15) is 0 Å². The predicted molar refractivity (Wildman–Crippen MR) is 76.3 cm³/mol. The highest BCUT2D eigenvalue weighted by molar-refractivity contribution is 6.54. The van der Waals surface area contributed by atoms with E-state index in [0.717, 1.165) is 0 Å². The van der Waals surface area contributed by atoms with Crippen LogP contribution in [0.15, 0.2) is 11.9 Å². The normalized spacial score (nSPS) is 21.3. The van der Waals surface area contributed by atoms with Gasteiger partial charge in [-0.1, -0.05) is 0 Å². The Morgan fingerprint density at radius 1 is 1.30 bits per heavy atom. The molecule has 108 valence electrons. The van der Waals surface area contributed by atoms with E-state index in [-0.39, 0.29) is 5.82 Å². The van der Waals surface area contributed by atoms with E-state index >= 15 is 0 Å². The molecule has 0 unspecified atom stereocenters. The largest absolute Gasteiger partial charge is 0.525 e. The van der Waals surface area contributed by atoms with Gasteiger partial charge in [-0.25, -0.2) is 14.4 Å². The summed E-state index contributed by atoms with van der Waals surface area (Å²) in [5, 5.41) is 0. The molecule has 20 heavy (non-hydrogen) atoms. The van der Waals surface area contributed by atoms with Gasteiger partial charge in [-0.15, -0.1) is 0 Å². The van der Waals surface area contributed by atoms with Crippen LogP contribution in [-0.4, -0.2) is 28.3 Å². The summed E-state index contributed by atoms with van der Waals surface area (Å²) in [6.07, 6.45) is 2.72. The van der Waals surface area contributed by atoms with Crippen molar-refractivity contribution in [2.24, 2.45) is 0 Å². The molecule has 2 N–H and O–H groups in total. The lowest BCUT2D eigenvalue weighted by atomic mass is 9.87. The number of halogens is 1. The topological polar surface area (TPSA) is 70.3 Å². The van der Waals surface area contributed by atoms with Gasteiger partial charge >= 0.3 is 7.12 Å². The molecule has 2 rings (SSSR count). The number of hydrogen-bond acceptors (Lipinski definition) is 5.